The summed E-state index contributed by atoms with van der Waals surface area (Å²) in [6.45, 7) is 2.10. The Balaban J connectivity index is 2.86. The standard InChI is InChI=1S/C10H12N2/c1-2-8-3-5-9(6-4-8)10(12)7-11/h3-6,10H,2,12H2,1H3/t10-/m0/s1. The smallest absolute Gasteiger partial charge is 0.118 e. The van der Waals surface area contributed by atoms with Crippen LogP contribution >= 0.6 is 0 Å². The topological polar surface area (TPSA) is 49.8 Å². The highest BCUT2D eigenvalue weighted by Crippen LogP contribution is 2.10. The fourth-order valence-corrected chi connectivity index (χ4v) is 1.04. The number of rotatable bonds is 2. The first-order valence-corrected chi connectivity index (χ1v) is 4.02. The second-order valence-corrected chi connectivity index (χ2v) is 2.70. The van der Waals surface area contributed by atoms with Crippen molar-refractivity contribution in [1.29, 1.82) is 5.26 Å². The number of nitrogens with zero attached hydrogens (tertiary/aromatic N) is 1. The van der Waals surface area contributed by atoms with Gasteiger partial charge in [0, 0.05) is 0 Å². The molecule has 1 aromatic carbocycles. The summed E-state index contributed by atoms with van der Waals surface area (Å²) in [6.07, 6.45) is 1.02. The minimum absolute atomic E-state index is 0.490. The van der Waals surface area contributed by atoms with Gasteiger partial charge in [0.1, 0.15) is 6.04 Å². The molecule has 0 saturated heterocycles. The summed E-state index contributed by atoms with van der Waals surface area (Å²) < 4.78 is 0. The van der Waals surface area contributed by atoms with Crippen LogP contribution in [0, 0.1) is 11.3 Å². The van der Waals surface area contributed by atoms with Crippen LogP contribution in [0.5, 0.6) is 0 Å². The third-order valence-corrected chi connectivity index (χ3v) is 1.89. The second kappa shape index (κ2) is 3.89. The first-order chi connectivity index (χ1) is 5.77. The van der Waals surface area contributed by atoms with Crippen molar-refractivity contribution >= 4 is 0 Å². The lowest BCUT2D eigenvalue weighted by atomic mass is 10.1. The van der Waals surface area contributed by atoms with Crippen molar-refractivity contribution < 1.29 is 0 Å². The van der Waals surface area contributed by atoms with Crippen molar-refractivity contribution in [2.24, 2.45) is 5.73 Å². The third-order valence-electron chi connectivity index (χ3n) is 1.89. The predicted octanol–water partition coefficient (Wildman–Crippen LogP) is 1.77. The maximum Gasteiger partial charge on any atom is 0.118 e. The molecule has 1 atom stereocenters. The van der Waals surface area contributed by atoms with Gasteiger partial charge in [-0.2, -0.15) is 5.26 Å². The van der Waals surface area contributed by atoms with Crippen LogP contribution in [0.1, 0.15) is 24.1 Å². The minimum Gasteiger partial charge on any atom is -0.312 e. The van der Waals surface area contributed by atoms with Gasteiger partial charge in [0.2, 0.25) is 0 Å². The van der Waals surface area contributed by atoms with Gasteiger partial charge in [-0.25, -0.2) is 0 Å². The lowest BCUT2D eigenvalue weighted by molar-refractivity contribution is 0.923. The van der Waals surface area contributed by atoms with Crippen molar-refractivity contribution in [1.82, 2.24) is 0 Å². The van der Waals surface area contributed by atoms with E-state index in [4.69, 9.17) is 11.0 Å². The van der Waals surface area contributed by atoms with Gasteiger partial charge in [-0.15, -0.1) is 0 Å². The van der Waals surface area contributed by atoms with Crippen LogP contribution in [0.2, 0.25) is 0 Å². The number of hydrogen-bond donors (Lipinski definition) is 1. The second-order valence-electron chi connectivity index (χ2n) is 2.70. The van der Waals surface area contributed by atoms with Gasteiger partial charge in [-0.3, -0.25) is 0 Å². The lowest BCUT2D eigenvalue weighted by Gasteiger charge is -2.03. The monoisotopic (exact) mass is 160 g/mol. The molecule has 1 aromatic rings. The van der Waals surface area contributed by atoms with E-state index in [1.54, 1.807) is 0 Å². The van der Waals surface area contributed by atoms with Gasteiger partial charge >= 0.3 is 0 Å². The zero-order chi connectivity index (χ0) is 8.97. The van der Waals surface area contributed by atoms with Crippen LogP contribution in [-0.4, -0.2) is 0 Å². The van der Waals surface area contributed by atoms with E-state index in [-0.39, 0.29) is 0 Å². The van der Waals surface area contributed by atoms with Crippen LogP contribution in [0.15, 0.2) is 24.3 Å². The van der Waals surface area contributed by atoms with E-state index in [1.807, 2.05) is 30.3 Å². The van der Waals surface area contributed by atoms with E-state index in [0.29, 0.717) is 0 Å². The fraction of sp³-hybridized carbons (Fsp3) is 0.300. The Morgan fingerprint density at radius 1 is 1.42 bits per heavy atom. The zero-order valence-corrected chi connectivity index (χ0v) is 7.12. The number of nitriles is 1. The minimum atomic E-state index is -0.490. The van der Waals surface area contributed by atoms with Crippen LogP contribution in [0.3, 0.4) is 0 Å². The van der Waals surface area contributed by atoms with Crippen LogP contribution in [0.4, 0.5) is 0 Å². The molecule has 0 fully saturated rings. The maximum atomic E-state index is 8.54. The molecule has 0 radical (unpaired) electrons. The van der Waals surface area contributed by atoms with Gasteiger partial charge in [-0.1, -0.05) is 31.2 Å². The average Bonchev–Trinajstić information content (AvgIpc) is 2.17. The number of nitrogens with two attached hydrogens (primary N) is 1. The quantitative estimate of drug-likeness (QED) is 0.716. The van der Waals surface area contributed by atoms with E-state index >= 15 is 0 Å². The van der Waals surface area contributed by atoms with E-state index < -0.39 is 6.04 Å². The third kappa shape index (κ3) is 1.84. The fourth-order valence-electron chi connectivity index (χ4n) is 1.04. The predicted molar refractivity (Wildman–Crippen MR) is 48.4 cm³/mol. The molecule has 0 saturated carbocycles. The Morgan fingerprint density at radius 3 is 2.42 bits per heavy atom. The summed E-state index contributed by atoms with van der Waals surface area (Å²) in [7, 11) is 0. The lowest BCUT2D eigenvalue weighted by Crippen LogP contribution is -2.06. The van der Waals surface area contributed by atoms with Crippen molar-refractivity contribution in [3.05, 3.63) is 35.4 Å². The van der Waals surface area contributed by atoms with Crippen LogP contribution in [0.25, 0.3) is 0 Å². The molecule has 1 rings (SSSR count). The Bertz CT molecular complexity index is 282. The zero-order valence-electron chi connectivity index (χ0n) is 7.12. The van der Waals surface area contributed by atoms with Crippen molar-refractivity contribution in [2.45, 2.75) is 19.4 Å². The van der Waals surface area contributed by atoms with Crippen molar-refractivity contribution in [2.75, 3.05) is 0 Å². The van der Waals surface area contributed by atoms with Gasteiger partial charge in [0.05, 0.1) is 6.07 Å². The van der Waals surface area contributed by atoms with E-state index in [2.05, 4.69) is 6.92 Å². The Morgan fingerprint density at radius 2 is 2.00 bits per heavy atom. The first kappa shape index (κ1) is 8.76. The molecular weight excluding hydrogens is 148 g/mol. The normalized spacial score (nSPS) is 12.1. The van der Waals surface area contributed by atoms with Gasteiger partial charge in [0.25, 0.3) is 0 Å². The summed E-state index contributed by atoms with van der Waals surface area (Å²) in [4.78, 5) is 0. The molecule has 2 nitrogen and oxygen atoms in total. The summed E-state index contributed by atoms with van der Waals surface area (Å²) in [5, 5.41) is 8.54. The highest BCUT2D eigenvalue weighted by atomic mass is 14.6. The largest absolute Gasteiger partial charge is 0.312 e. The molecule has 2 N–H and O–H groups in total. The van der Waals surface area contributed by atoms with Gasteiger partial charge in [0.15, 0.2) is 0 Å². The molecule has 2 heteroatoms. The SMILES string of the molecule is CCc1ccc([C@@H](N)C#N)cc1. The molecule has 0 aliphatic carbocycles. The molecule has 0 heterocycles. The molecule has 0 unspecified atom stereocenters. The molecule has 0 amide bonds. The summed E-state index contributed by atoms with van der Waals surface area (Å²) in [5.74, 6) is 0. The molecule has 62 valence electrons. The molecule has 12 heavy (non-hydrogen) atoms. The Hall–Kier alpha value is -1.33. The highest BCUT2D eigenvalue weighted by Gasteiger charge is 2.01. The van der Waals surface area contributed by atoms with Gasteiger partial charge in [-0.05, 0) is 17.5 Å². The van der Waals surface area contributed by atoms with E-state index in [9.17, 15) is 0 Å². The van der Waals surface area contributed by atoms with E-state index in [0.717, 1.165) is 12.0 Å². The molecule has 0 aromatic heterocycles. The van der Waals surface area contributed by atoms with Crippen molar-refractivity contribution in [3.8, 4) is 6.07 Å². The van der Waals surface area contributed by atoms with Crippen molar-refractivity contribution in [3.63, 3.8) is 0 Å². The van der Waals surface area contributed by atoms with Crippen LogP contribution < -0.4 is 5.73 Å². The van der Waals surface area contributed by atoms with E-state index in [1.165, 1.54) is 5.56 Å². The first-order valence-electron chi connectivity index (χ1n) is 4.02. The summed E-state index contributed by atoms with van der Waals surface area (Å²) >= 11 is 0. The number of benzene rings is 1. The molecule has 0 spiro atoms. The maximum absolute atomic E-state index is 8.54. The van der Waals surface area contributed by atoms with Crippen LogP contribution in [-0.2, 0) is 6.42 Å². The highest BCUT2D eigenvalue weighted by molar-refractivity contribution is 5.27. The molecule has 0 aliphatic rings. The Labute approximate surface area is 72.6 Å². The average molecular weight is 160 g/mol. The molecule has 0 bridgehead atoms. The Kier molecular flexibility index (Phi) is 2.84. The summed E-state index contributed by atoms with van der Waals surface area (Å²) in [6, 6.07) is 9.34. The molecule has 0 aliphatic heterocycles. The molecular formula is C10H12N2. The number of aryl methyl sites for hydroxylation is 1. The summed E-state index contributed by atoms with van der Waals surface area (Å²) in [5.41, 5.74) is 7.68. The number of hydrogen-bond acceptors (Lipinski definition) is 2. The van der Waals surface area contributed by atoms with Gasteiger partial charge < -0.3 is 5.73 Å².